The molecule has 0 spiro atoms. The molecule has 0 amide bonds. The second-order valence-electron chi connectivity index (χ2n) is 7.97. The monoisotopic (exact) mass is 427 g/mol. The minimum Gasteiger partial charge on any atom is -0.493 e. The minimum atomic E-state index is -0.203. The SMILES string of the molecule is COc1ccccc1OC1=COC2C(CCC3OCN(Cc4cccs4)CC32)C1=O. The van der Waals surface area contributed by atoms with Gasteiger partial charge in [0, 0.05) is 23.9 Å². The summed E-state index contributed by atoms with van der Waals surface area (Å²) in [6, 6.07) is 11.5. The molecule has 2 aliphatic heterocycles. The van der Waals surface area contributed by atoms with E-state index in [1.807, 2.05) is 12.1 Å². The Balaban J connectivity index is 1.31. The van der Waals surface area contributed by atoms with Crippen LogP contribution in [0.15, 0.2) is 53.8 Å². The van der Waals surface area contributed by atoms with Gasteiger partial charge in [-0.15, -0.1) is 11.3 Å². The van der Waals surface area contributed by atoms with Crippen LogP contribution in [0.25, 0.3) is 0 Å². The third-order valence-corrected chi connectivity index (χ3v) is 7.02. The Morgan fingerprint density at radius 2 is 2.03 bits per heavy atom. The van der Waals surface area contributed by atoms with E-state index in [9.17, 15) is 4.79 Å². The van der Waals surface area contributed by atoms with E-state index in [2.05, 4.69) is 22.4 Å². The fourth-order valence-electron chi connectivity index (χ4n) is 4.70. The molecule has 0 N–H and O–H groups in total. The van der Waals surface area contributed by atoms with Crippen LogP contribution < -0.4 is 9.47 Å². The molecule has 5 rings (SSSR count). The maximum atomic E-state index is 13.2. The third-order valence-electron chi connectivity index (χ3n) is 6.16. The third kappa shape index (κ3) is 3.73. The van der Waals surface area contributed by atoms with Crippen molar-refractivity contribution in [2.45, 2.75) is 31.6 Å². The summed E-state index contributed by atoms with van der Waals surface area (Å²) in [6.07, 6.45) is 3.07. The van der Waals surface area contributed by atoms with Crippen molar-refractivity contribution in [2.24, 2.45) is 11.8 Å². The summed E-state index contributed by atoms with van der Waals surface area (Å²) in [5.74, 6) is 1.31. The molecule has 3 heterocycles. The lowest BCUT2D eigenvalue weighted by Gasteiger charge is -2.48. The van der Waals surface area contributed by atoms with Crippen LogP contribution in [0.1, 0.15) is 17.7 Å². The maximum absolute atomic E-state index is 13.2. The van der Waals surface area contributed by atoms with E-state index >= 15 is 0 Å². The number of benzene rings is 1. The lowest BCUT2D eigenvalue weighted by Crippen LogP contribution is -2.56. The number of nitrogens with zero attached hydrogens (tertiary/aromatic N) is 1. The Hall–Kier alpha value is -2.35. The fraction of sp³-hybridized carbons (Fsp3) is 0.435. The van der Waals surface area contributed by atoms with E-state index < -0.39 is 0 Å². The first-order chi connectivity index (χ1) is 14.7. The number of carbonyl (C=O) groups is 1. The Morgan fingerprint density at radius 3 is 2.83 bits per heavy atom. The zero-order valence-corrected chi connectivity index (χ0v) is 17.7. The molecule has 3 aliphatic rings. The zero-order chi connectivity index (χ0) is 20.5. The Kier molecular flexibility index (Phi) is 5.50. The quantitative estimate of drug-likeness (QED) is 0.723. The molecule has 2 aromatic rings. The number of allylic oxidation sites excluding steroid dienone is 1. The van der Waals surface area contributed by atoms with Crippen molar-refractivity contribution in [3.05, 3.63) is 58.7 Å². The standard InChI is InChI=1S/C23H25NO5S/c1-26-19-6-2-3-7-20(19)29-21-13-27-23-16(22(21)25)8-9-18-17(23)12-24(14-28-18)11-15-5-4-10-30-15/h2-7,10,13,16-18,23H,8-9,11-12,14H2,1H3. The van der Waals surface area contributed by atoms with Gasteiger partial charge in [0.25, 0.3) is 0 Å². The van der Waals surface area contributed by atoms with Gasteiger partial charge >= 0.3 is 0 Å². The summed E-state index contributed by atoms with van der Waals surface area (Å²) < 4.78 is 23.5. The molecule has 4 atom stereocenters. The molecule has 4 unspecified atom stereocenters. The van der Waals surface area contributed by atoms with Crippen molar-refractivity contribution < 1.29 is 23.7 Å². The normalized spacial score (nSPS) is 28.7. The summed E-state index contributed by atoms with van der Waals surface area (Å²) in [7, 11) is 1.58. The van der Waals surface area contributed by atoms with Crippen molar-refractivity contribution in [2.75, 3.05) is 20.4 Å². The molecule has 1 aromatic heterocycles. The first-order valence-electron chi connectivity index (χ1n) is 10.3. The summed E-state index contributed by atoms with van der Waals surface area (Å²) in [5, 5.41) is 2.09. The first-order valence-corrected chi connectivity index (χ1v) is 11.2. The second-order valence-corrected chi connectivity index (χ2v) is 9.01. The van der Waals surface area contributed by atoms with Crippen molar-refractivity contribution in [1.29, 1.82) is 0 Å². The molecule has 2 fully saturated rings. The smallest absolute Gasteiger partial charge is 0.208 e. The molecule has 1 saturated heterocycles. The largest absolute Gasteiger partial charge is 0.493 e. The summed E-state index contributed by atoms with van der Waals surface area (Å²) in [4.78, 5) is 16.8. The molecule has 0 bridgehead atoms. The molecule has 7 heteroatoms. The van der Waals surface area contributed by atoms with E-state index in [4.69, 9.17) is 18.9 Å². The molecule has 158 valence electrons. The highest BCUT2D eigenvalue weighted by Gasteiger charge is 2.49. The van der Waals surface area contributed by atoms with Gasteiger partial charge in [-0.3, -0.25) is 9.69 Å². The highest BCUT2D eigenvalue weighted by molar-refractivity contribution is 7.09. The van der Waals surface area contributed by atoms with Gasteiger partial charge in [0.2, 0.25) is 11.5 Å². The van der Waals surface area contributed by atoms with Gasteiger partial charge in [0.1, 0.15) is 12.4 Å². The Morgan fingerprint density at radius 1 is 1.17 bits per heavy atom. The maximum Gasteiger partial charge on any atom is 0.208 e. The molecular weight excluding hydrogens is 402 g/mol. The van der Waals surface area contributed by atoms with Crippen molar-refractivity contribution >= 4 is 17.1 Å². The number of fused-ring (bicyclic) bond motifs is 3. The van der Waals surface area contributed by atoms with Crippen LogP contribution in [0.2, 0.25) is 0 Å². The van der Waals surface area contributed by atoms with Crippen molar-refractivity contribution in [3.8, 4) is 11.5 Å². The van der Waals surface area contributed by atoms with E-state index in [1.54, 1.807) is 30.6 Å². The molecule has 1 saturated carbocycles. The number of carbonyl (C=O) groups excluding carboxylic acids is 1. The number of hydrogen-bond donors (Lipinski definition) is 0. The summed E-state index contributed by atoms with van der Waals surface area (Å²) >= 11 is 1.75. The van der Waals surface area contributed by atoms with Crippen LogP contribution in [0.3, 0.4) is 0 Å². The average Bonchev–Trinajstić information content (AvgIpc) is 3.29. The van der Waals surface area contributed by atoms with Crippen molar-refractivity contribution in [1.82, 2.24) is 4.90 Å². The van der Waals surface area contributed by atoms with Crippen LogP contribution in [-0.2, 0) is 20.8 Å². The summed E-state index contributed by atoms with van der Waals surface area (Å²) in [6.45, 7) is 2.36. The van der Waals surface area contributed by atoms with Crippen LogP contribution in [0, 0.1) is 11.8 Å². The molecule has 1 aliphatic carbocycles. The number of hydrogen-bond acceptors (Lipinski definition) is 7. The van der Waals surface area contributed by atoms with Crippen LogP contribution in [-0.4, -0.2) is 43.3 Å². The number of para-hydroxylation sites is 2. The van der Waals surface area contributed by atoms with Gasteiger partial charge in [-0.25, -0.2) is 0 Å². The van der Waals surface area contributed by atoms with Gasteiger partial charge in [-0.05, 0) is 36.4 Å². The average molecular weight is 428 g/mol. The predicted octanol–water partition coefficient (Wildman–Crippen LogP) is 3.83. The first kappa shape index (κ1) is 19.6. The van der Waals surface area contributed by atoms with Gasteiger partial charge in [0.05, 0.1) is 25.9 Å². The number of ketones is 1. The lowest BCUT2D eigenvalue weighted by atomic mass is 9.73. The minimum absolute atomic E-state index is 0.00554. The molecule has 0 radical (unpaired) electrons. The highest BCUT2D eigenvalue weighted by Crippen LogP contribution is 2.41. The molecule has 1 aromatic carbocycles. The van der Waals surface area contributed by atoms with Gasteiger partial charge in [0.15, 0.2) is 11.5 Å². The topological polar surface area (TPSA) is 57.2 Å². The molecule has 6 nitrogen and oxygen atoms in total. The highest BCUT2D eigenvalue weighted by atomic mass is 32.1. The van der Waals surface area contributed by atoms with Crippen molar-refractivity contribution in [3.63, 3.8) is 0 Å². The van der Waals surface area contributed by atoms with Gasteiger partial charge in [-0.1, -0.05) is 18.2 Å². The molecular formula is C23H25NO5S. The lowest BCUT2D eigenvalue weighted by molar-refractivity contribution is -0.174. The van der Waals surface area contributed by atoms with Gasteiger partial charge in [-0.2, -0.15) is 0 Å². The Labute approximate surface area is 180 Å². The Bertz CT molecular complexity index is 927. The van der Waals surface area contributed by atoms with E-state index in [-0.39, 0.29) is 35.6 Å². The predicted molar refractivity (Wildman–Crippen MR) is 112 cm³/mol. The summed E-state index contributed by atoms with van der Waals surface area (Å²) in [5.41, 5.74) is 0. The number of thiophene rings is 1. The van der Waals surface area contributed by atoms with E-state index in [0.29, 0.717) is 18.2 Å². The number of ether oxygens (including phenoxy) is 4. The fourth-order valence-corrected chi connectivity index (χ4v) is 5.44. The number of methoxy groups -OCH3 is 1. The van der Waals surface area contributed by atoms with Crippen LogP contribution in [0.4, 0.5) is 0 Å². The molecule has 30 heavy (non-hydrogen) atoms. The van der Waals surface area contributed by atoms with E-state index in [0.717, 1.165) is 25.9 Å². The number of rotatable bonds is 5. The van der Waals surface area contributed by atoms with Crippen LogP contribution >= 0.6 is 11.3 Å². The van der Waals surface area contributed by atoms with Crippen LogP contribution in [0.5, 0.6) is 11.5 Å². The second kappa shape index (κ2) is 8.41. The zero-order valence-electron chi connectivity index (χ0n) is 16.9. The van der Waals surface area contributed by atoms with E-state index in [1.165, 1.54) is 11.1 Å². The van der Waals surface area contributed by atoms with Gasteiger partial charge < -0.3 is 18.9 Å². The number of Topliss-reactive ketones (excluding diaryl/α,β-unsaturated/α-hetero) is 1.